The van der Waals surface area contributed by atoms with Crippen molar-refractivity contribution in [2.24, 2.45) is 5.92 Å². The van der Waals surface area contributed by atoms with E-state index in [0.717, 1.165) is 19.4 Å². The molecule has 1 N–H and O–H groups in total. The van der Waals surface area contributed by atoms with Crippen LogP contribution in [0.1, 0.15) is 33.6 Å². The predicted octanol–water partition coefficient (Wildman–Crippen LogP) is 2.22. The Hall–Kier alpha value is -1.31. The number of rotatable bonds is 3. The largest absolute Gasteiger partial charge is 0.496 e. The van der Waals surface area contributed by atoms with Crippen LogP contribution < -0.4 is 0 Å². The molecule has 1 saturated heterocycles. The Morgan fingerprint density at radius 1 is 1.55 bits per heavy atom. The van der Waals surface area contributed by atoms with Crippen molar-refractivity contribution in [3.05, 3.63) is 23.5 Å². The maximum Gasteiger partial charge on any atom is 0.133 e. The second-order valence-corrected chi connectivity index (χ2v) is 6.30. The summed E-state index contributed by atoms with van der Waals surface area (Å²) in [7, 11) is 1.60. The fourth-order valence-corrected chi connectivity index (χ4v) is 3.65. The van der Waals surface area contributed by atoms with Gasteiger partial charge < -0.3 is 9.84 Å². The molecule has 1 unspecified atom stereocenters. The van der Waals surface area contributed by atoms with Crippen LogP contribution >= 0.6 is 0 Å². The average molecular weight is 276 g/mol. The lowest BCUT2D eigenvalue weighted by Gasteiger charge is -2.39. The van der Waals surface area contributed by atoms with E-state index in [1.54, 1.807) is 7.11 Å². The fourth-order valence-electron chi connectivity index (χ4n) is 3.65. The van der Waals surface area contributed by atoms with E-state index in [2.05, 4.69) is 24.8 Å². The van der Waals surface area contributed by atoms with Gasteiger partial charge >= 0.3 is 0 Å². The Bertz CT molecular complexity index is 471. The molecule has 1 aliphatic carbocycles. The minimum Gasteiger partial charge on any atom is -0.496 e. The summed E-state index contributed by atoms with van der Waals surface area (Å²) in [6.45, 7) is 7.11. The first kappa shape index (κ1) is 15.1. The summed E-state index contributed by atoms with van der Waals surface area (Å²) in [5.74, 6) is 1.03. The Balaban J connectivity index is 2.24. The summed E-state index contributed by atoms with van der Waals surface area (Å²) in [5.41, 5.74) is -0.0372. The number of hydrogen-bond donors (Lipinski definition) is 1. The maximum absolute atomic E-state index is 10.6. The van der Waals surface area contributed by atoms with Gasteiger partial charge in [-0.25, -0.2) is 0 Å². The molecule has 3 atom stereocenters. The lowest BCUT2D eigenvalue weighted by molar-refractivity contribution is -0.00630. The van der Waals surface area contributed by atoms with Gasteiger partial charge in [-0.15, -0.1) is 0 Å². The van der Waals surface area contributed by atoms with E-state index >= 15 is 0 Å². The minimum absolute atomic E-state index is 0.138. The Morgan fingerprint density at radius 2 is 2.25 bits per heavy atom. The molecule has 2 aliphatic rings. The molecule has 20 heavy (non-hydrogen) atoms. The molecule has 1 aliphatic heterocycles. The zero-order chi connectivity index (χ0) is 14.9. The molecule has 0 bridgehead atoms. The van der Waals surface area contributed by atoms with Crippen molar-refractivity contribution in [2.75, 3.05) is 13.7 Å². The van der Waals surface area contributed by atoms with E-state index in [1.165, 1.54) is 0 Å². The lowest BCUT2D eigenvalue weighted by atomic mass is 9.87. The van der Waals surface area contributed by atoms with E-state index in [9.17, 15) is 5.11 Å². The van der Waals surface area contributed by atoms with Crippen molar-refractivity contribution < 1.29 is 9.84 Å². The van der Waals surface area contributed by atoms with Crippen molar-refractivity contribution in [3.8, 4) is 6.07 Å². The van der Waals surface area contributed by atoms with E-state index in [0.29, 0.717) is 17.3 Å². The lowest BCUT2D eigenvalue weighted by Crippen LogP contribution is -2.49. The molecule has 0 saturated carbocycles. The van der Waals surface area contributed by atoms with Crippen LogP contribution in [0.2, 0.25) is 0 Å². The quantitative estimate of drug-likeness (QED) is 0.858. The SMILES string of the molecule is COC1=CC(N2CC[C@](C)(O)[C@@H]2C(C)C)CC=C1C#N. The van der Waals surface area contributed by atoms with E-state index in [-0.39, 0.29) is 12.1 Å². The summed E-state index contributed by atoms with van der Waals surface area (Å²) in [6, 6.07) is 2.50. The number of nitriles is 1. The summed E-state index contributed by atoms with van der Waals surface area (Å²) in [6.07, 6.45) is 5.55. The molecule has 110 valence electrons. The normalized spacial score (nSPS) is 34.6. The summed E-state index contributed by atoms with van der Waals surface area (Å²) in [4.78, 5) is 2.36. The molecule has 2 rings (SSSR count). The van der Waals surface area contributed by atoms with Gasteiger partial charge in [0.15, 0.2) is 0 Å². The summed E-state index contributed by atoms with van der Waals surface area (Å²) >= 11 is 0. The second-order valence-electron chi connectivity index (χ2n) is 6.30. The molecule has 4 nitrogen and oxygen atoms in total. The monoisotopic (exact) mass is 276 g/mol. The fraction of sp³-hybridized carbons (Fsp3) is 0.688. The van der Waals surface area contributed by atoms with Gasteiger partial charge in [-0.1, -0.05) is 19.9 Å². The smallest absolute Gasteiger partial charge is 0.133 e. The molecule has 0 aromatic carbocycles. The van der Waals surface area contributed by atoms with Crippen molar-refractivity contribution in [2.45, 2.75) is 51.3 Å². The molecule has 0 radical (unpaired) electrons. The Kier molecular flexibility index (Phi) is 4.22. The number of ether oxygens (including phenoxy) is 1. The minimum atomic E-state index is -0.644. The molecular weight excluding hydrogens is 252 g/mol. The predicted molar refractivity (Wildman–Crippen MR) is 77.8 cm³/mol. The summed E-state index contributed by atoms with van der Waals surface area (Å²) < 4.78 is 5.31. The van der Waals surface area contributed by atoms with Gasteiger partial charge in [0.2, 0.25) is 0 Å². The number of likely N-dealkylation sites (tertiary alicyclic amines) is 1. The molecule has 1 heterocycles. The van der Waals surface area contributed by atoms with Crippen LogP contribution in [0.3, 0.4) is 0 Å². The van der Waals surface area contributed by atoms with E-state index in [1.807, 2.05) is 19.1 Å². The topological polar surface area (TPSA) is 56.5 Å². The molecule has 0 aromatic heterocycles. The molecule has 1 fully saturated rings. The Labute approximate surface area is 121 Å². The van der Waals surface area contributed by atoms with Gasteiger partial charge in [0.05, 0.1) is 18.3 Å². The van der Waals surface area contributed by atoms with Crippen LogP contribution in [-0.4, -0.2) is 41.3 Å². The highest BCUT2D eigenvalue weighted by Gasteiger charge is 2.46. The van der Waals surface area contributed by atoms with Crippen LogP contribution in [0.25, 0.3) is 0 Å². The van der Waals surface area contributed by atoms with Crippen molar-refractivity contribution >= 4 is 0 Å². The van der Waals surface area contributed by atoms with E-state index in [4.69, 9.17) is 10.00 Å². The Morgan fingerprint density at radius 3 is 2.80 bits per heavy atom. The molecule has 0 amide bonds. The maximum atomic E-state index is 10.6. The highest BCUT2D eigenvalue weighted by atomic mass is 16.5. The molecule has 0 aromatic rings. The third-order valence-electron chi connectivity index (χ3n) is 4.44. The van der Waals surface area contributed by atoms with Crippen LogP contribution in [0, 0.1) is 17.2 Å². The van der Waals surface area contributed by atoms with Gasteiger partial charge in [-0.2, -0.15) is 5.26 Å². The summed E-state index contributed by atoms with van der Waals surface area (Å²) in [5, 5.41) is 19.7. The number of nitrogens with zero attached hydrogens (tertiary/aromatic N) is 2. The first-order valence-electron chi connectivity index (χ1n) is 7.25. The number of aliphatic hydroxyl groups is 1. The van der Waals surface area contributed by atoms with Crippen LogP contribution in [0.4, 0.5) is 0 Å². The van der Waals surface area contributed by atoms with Gasteiger partial charge in [0.1, 0.15) is 11.8 Å². The molecule has 0 spiro atoms. The number of methoxy groups -OCH3 is 1. The van der Waals surface area contributed by atoms with Gasteiger partial charge in [-0.05, 0) is 31.8 Å². The van der Waals surface area contributed by atoms with Gasteiger partial charge in [0.25, 0.3) is 0 Å². The number of allylic oxidation sites excluding steroid dienone is 1. The second kappa shape index (κ2) is 5.59. The zero-order valence-electron chi connectivity index (χ0n) is 12.8. The van der Waals surface area contributed by atoms with Crippen LogP contribution in [0.15, 0.2) is 23.5 Å². The zero-order valence-corrected chi connectivity index (χ0v) is 12.8. The standard InChI is InChI=1S/C16H24N2O2/c1-11(2)15-16(3,19)7-8-18(15)13-6-5-12(10-17)14(9-13)20-4/h5,9,11,13,15,19H,6-8H2,1-4H3/t13?,15-,16-/m0/s1. The van der Waals surface area contributed by atoms with E-state index < -0.39 is 5.60 Å². The highest BCUT2D eigenvalue weighted by Crippen LogP contribution is 2.37. The van der Waals surface area contributed by atoms with Crippen molar-refractivity contribution in [1.29, 1.82) is 5.26 Å². The third-order valence-corrected chi connectivity index (χ3v) is 4.44. The first-order chi connectivity index (χ1) is 9.40. The van der Waals surface area contributed by atoms with Crippen LogP contribution in [0.5, 0.6) is 0 Å². The van der Waals surface area contributed by atoms with Crippen molar-refractivity contribution in [3.63, 3.8) is 0 Å². The molecule has 4 heteroatoms. The van der Waals surface area contributed by atoms with Crippen molar-refractivity contribution in [1.82, 2.24) is 4.90 Å². The van der Waals surface area contributed by atoms with Gasteiger partial charge in [0, 0.05) is 18.6 Å². The number of hydrogen-bond acceptors (Lipinski definition) is 4. The highest BCUT2D eigenvalue weighted by molar-refractivity contribution is 5.41. The third kappa shape index (κ3) is 2.61. The average Bonchev–Trinajstić information content (AvgIpc) is 2.73. The van der Waals surface area contributed by atoms with Crippen LogP contribution in [-0.2, 0) is 4.74 Å². The molecular formula is C16H24N2O2. The van der Waals surface area contributed by atoms with Gasteiger partial charge in [-0.3, -0.25) is 4.90 Å². The first-order valence-corrected chi connectivity index (χ1v) is 7.25.